The lowest BCUT2D eigenvalue weighted by molar-refractivity contribution is -0.134. The van der Waals surface area contributed by atoms with Gasteiger partial charge >= 0.3 is 0 Å². The fourth-order valence-corrected chi connectivity index (χ4v) is 4.06. The number of nitrogens with zero attached hydrogens (tertiary/aromatic N) is 3. The minimum absolute atomic E-state index is 0.121. The topological polar surface area (TPSA) is 43.9 Å². The van der Waals surface area contributed by atoms with Crippen LogP contribution >= 0.6 is 11.3 Å². The summed E-state index contributed by atoms with van der Waals surface area (Å²) in [5, 5.41) is 1.93. The highest BCUT2D eigenvalue weighted by Gasteiger charge is 2.26. The summed E-state index contributed by atoms with van der Waals surface area (Å²) in [4.78, 5) is 31.6. The smallest absolute Gasteiger partial charge is 0.264 e. The Morgan fingerprint density at radius 1 is 1.17 bits per heavy atom. The van der Waals surface area contributed by atoms with E-state index in [1.54, 1.807) is 0 Å². The van der Waals surface area contributed by atoms with Crippen molar-refractivity contribution in [1.82, 2.24) is 14.7 Å². The number of amides is 2. The zero-order chi connectivity index (χ0) is 16.2. The van der Waals surface area contributed by atoms with Crippen molar-refractivity contribution in [3.05, 3.63) is 22.4 Å². The van der Waals surface area contributed by atoms with Gasteiger partial charge in [-0.2, -0.15) is 0 Å². The van der Waals surface area contributed by atoms with Crippen LogP contribution in [0.1, 0.15) is 29.4 Å². The molecule has 2 saturated heterocycles. The van der Waals surface area contributed by atoms with Crippen molar-refractivity contribution >= 4 is 23.2 Å². The van der Waals surface area contributed by atoms with Crippen LogP contribution in [0.5, 0.6) is 0 Å². The third kappa shape index (κ3) is 4.12. The first-order valence-corrected chi connectivity index (χ1v) is 9.34. The third-order valence-corrected chi connectivity index (χ3v) is 5.62. The highest BCUT2D eigenvalue weighted by Crippen LogP contribution is 2.17. The molecule has 0 aromatic carbocycles. The van der Waals surface area contributed by atoms with Crippen LogP contribution in [0.3, 0.4) is 0 Å². The summed E-state index contributed by atoms with van der Waals surface area (Å²) < 4.78 is 0. The van der Waals surface area contributed by atoms with Gasteiger partial charge in [-0.3, -0.25) is 14.5 Å². The number of hydrogen-bond acceptors (Lipinski definition) is 4. The Labute approximate surface area is 141 Å². The minimum atomic E-state index is 0.121. The second-order valence-corrected chi connectivity index (χ2v) is 7.58. The molecule has 0 radical (unpaired) electrons. The van der Waals surface area contributed by atoms with Crippen LogP contribution in [0.4, 0.5) is 0 Å². The molecule has 3 rings (SSSR count). The van der Waals surface area contributed by atoms with E-state index in [1.807, 2.05) is 27.3 Å². The summed E-state index contributed by atoms with van der Waals surface area (Å²) in [6.45, 7) is 7.50. The van der Waals surface area contributed by atoms with Gasteiger partial charge in [-0.1, -0.05) is 13.0 Å². The van der Waals surface area contributed by atoms with Crippen molar-refractivity contribution in [2.75, 3.05) is 45.8 Å². The van der Waals surface area contributed by atoms with Crippen molar-refractivity contribution < 1.29 is 9.59 Å². The van der Waals surface area contributed by atoms with Crippen molar-refractivity contribution in [3.63, 3.8) is 0 Å². The SMILES string of the molecule is CC1CCCN(C(=O)CN2CCN(C(=O)c3cccs3)CC2)C1. The van der Waals surface area contributed by atoms with E-state index in [2.05, 4.69) is 11.8 Å². The molecule has 0 bridgehead atoms. The average molecular weight is 335 g/mol. The minimum Gasteiger partial charge on any atom is -0.341 e. The van der Waals surface area contributed by atoms with Gasteiger partial charge < -0.3 is 9.80 Å². The molecule has 2 fully saturated rings. The monoisotopic (exact) mass is 335 g/mol. The van der Waals surface area contributed by atoms with Crippen LogP contribution in [0.25, 0.3) is 0 Å². The van der Waals surface area contributed by atoms with Crippen LogP contribution in [0, 0.1) is 5.92 Å². The first-order chi connectivity index (χ1) is 11.1. The first kappa shape index (κ1) is 16.5. The molecule has 126 valence electrons. The summed E-state index contributed by atoms with van der Waals surface area (Å²) in [7, 11) is 0. The summed E-state index contributed by atoms with van der Waals surface area (Å²) >= 11 is 1.49. The van der Waals surface area contributed by atoms with Gasteiger partial charge in [-0.25, -0.2) is 0 Å². The zero-order valence-electron chi connectivity index (χ0n) is 13.7. The zero-order valence-corrected chi connectivity index (χ0v) is 14.6. The van der Waals surface area contributed by atoms with Crippen LogP contribution in [-0.4, -0.2) is 72.3 Å². The van der Waals surface area contributed by atoms with Crippen molar-refractivity contribution in [3.8, 4) is 0 Å². The Morgan fingerprint density at radius 3 is 2.61 bits per heavy atom. The fourth-order valence-electron chi connectivity index (χ4n) is 3.37. The normalized spacial score (nSPS) is 23.1. The summed E-state index contributed by atoms with van der Waals surface area (Å²) in [6, 6.07) is 3.78. The van der Waals surface area contributed by atoms with Gasteiger partial charge in [0.25, 0.3) is 5.91 Å². The Bertz CT molecular complexity index is 538. The van der Waals surface area contributed by atoms with Gasteiger partial charge in [0.15, 0.2) is 0 Å². The molecule has 3 heterocycles. The van der Waals surface area contributed by atoms with E-state index in [-0.39, 0.29) is 11.8 Å². The molecular weight excluding hydrogens is 310 g/mol. The number of likely N-dealkylation sites (tertiary alicyclic amines) is 1. The molecule has 1 unspecified atom stereocenters. The lowest BCUT2D eigenvalue weighted by atomic mass is 10.0. The number of piperazine rings is 1. The molecule has 1 aromatic rings. The van der Waals surface area contributed by atoms with Gasteiger partial charge in [0.1, 0.15) is 0 Å². The van der Waals surface area contributed by atoms with Gasteiger partial charge in [0.2, 0.25) is 5.91 Å². The maximum atomic E-state index is 12.4. The van der Waals surface area contributed by atoms with E-state index in [0.29, 0.717) is 25.6 Å². The number of piperidine rings is 1. The van der Waals surface area contributed by atoms with Crippen LogP contribution in [0.15, 0.2) is 17.5 Å². The average Bonchev–Trinajstić information content (AvgIpc) is 3.09. The second kappa shape index (κ2) is 7.45. The molecule has 6 heteroatoms. The lowest BCUT2D eigenvalue weighted by Crippen LogP contribution is -2.52. The molecule has 2 aliphatic heterocycles. The summed E-state index contributed by atoms with van der Waals surface area (Å²) in [6.07, 6.45) is 2.35. The van der Waals surface area contributed by atoms with Crippen molar-refractivity contribution in [2.24, 2.45) is 5.92 Å². The lowest BCUT2D eigenvalue weighted by Gasteiger charge is -2.36. The molecule has 0 saturated carbocycles. The number of hydrogen-bond donors (Lipinski definition) is 0. The largest absolute Gasteiger partial charge is 0.341 e. The Balaban J connectivity index is 1.45. The van der Waals surface area contributed by atoms with E-state index >= 15 is 0 Å². The molecule has 5 nitrogen and oxygen atoms in total. The molecule has 2 amide bonds. The third-order valence-electron chi connectivity index (χ3n) is 4.76. The quantitative estimate of drug-likeness (QED) is 0.845. The van der Waals surface area contributed by atoms with Crippen LogP contribution in [0.2, 0.25) is 0 Å². The summed E-state index contributed by atoms with van der Waals surface area (Å²) in [5.74, 6) is 0.985. The molecule has 23 heavy (non-hydrogen) atoms. The van der Waals surface area contributed by atoms with Crippen LogP contribution < -0.4 is 0 Å². The fraction of sp³-hybridized carbons (Fsp3) is 0.647. The molecule has 0 N–H and O–H groups in total. The van der Waals surface area contributed by atoms with Gasteiger partial charge in [-0.15, -0.1) is 11.3 Å². The molecular formula is C17H25N3O2S. The highest BCUT2D eigenvalue weighted by atomic mass is 32.1. The van der Waals surface area contributed by atoms with E-state index in [0.717, 1.165) is 37.5 Å². The number of carbonyl (C=O) groups excluding carboxylic acids is 2. The second-order valence-electron chi connectivity index (χ2n) is 6.63. The molecule has 0 spiro atoms. The van der Waals surface area contributed by atoms with Gasteiger partial charge in [0, 0.05) is 39.3 Å². The maximum Gasteiger partial charge on any atom is 0.264 e. The maximum absolute atomic E-state index is 12.4. The number of carbonyl (C=O) groups is 2. The Hall–Kier alpha value is -1.40. The molecule has 0 aliphatic carbocycles. The Morgan fingerprint density at radius 2 is 1.96 bits per heavy atom. The molecule has 1 aromatic heterocycles. The number of thiophene rings is 1. The molecule has 2 aliphatic rings. The predicted octanol–water partition coefficient (Wildman–Crippen LogP) is 1.76. The standard InChI is InChI=1S/C17H25N3O2S/c1-14-4-2-6-20(12-14)16(21)13-18-7-9-19(10-8-18)17(22)15-5-3-11-23-15/h3,5,11,14H,2,4,6-10,12-13H2,1H3. The van der Waals surface area contributed by atoms with Gasteiger partial charge in [-0.05, 0) is 30.2 Å². The Kier molecular flexibility index (Phi) is 5.33. The van der Waals surface area contributed by atoms with E-state index in [1.165, 1.54) is 17.8 Å². The van der Waals surface area contributed by atoms with Crippen molar-refractivity contribution in [1.29, 1.82) is 0 Å². The van der Waals surface area contributed by atoms with E-state index in [9.17, 15) is 9.59 Å². The predicted molar refractivity (Wildman–Crippen MR) is 91.6 cm³/mol. The van der Waals surface area contributed by atoms with Crippen molar-refractivity contribution in [2.45, 2.75) is 19.8 Å². The summed E-state index contributed by atoms with van der Waals surface area (Å²) in [5.41, 5.74) is 0. The van der Waals surface area contributed by atoms with Crippen LogP contribution in [-0.2, 0) is 4.79 Å². The molecule has 1 atom stereocenters. The highest BCUT2D eigenvalue weighted by molar-refractivity contribution is 7.12. The van der Waals surface area contributed by atoms with E-state index in [4.69, 9.17) is 0 Å². The number of rotatable bonds is 3. The van der Waals surface area contributed by atoms with E-state index < -0.39 is 0 Å². The van der Waals surface area contributed by atoms with Gasteiger partial charge in [0.05, 0.1) is 11.4 Å². The first-order valence-electron chi connectivity index (χ1n) is 8.46.